The molecule has 0 aromatic heterocycles. The van der Waals surface area contributed by atoms with Crippen LogP contribution in [0.1, 0.15) is 45.4 Å². The molecule has 4 heterocycles. The summed E-state index contributed by atoms with van der Waals surface area (Å²) in [6.07, 6.45) is 6.23. The normalized spacial score (nSPS) is 44.4. The van der Waals surface area contributed by atoms with Crippen LogP contribution in [0.3, 0.4) is 0 Å². The van der Waals surface area contributed by atoms with E-state index in [1.807, 2.05) is 6.92 Å². The summed E-state index contributed by atoms with van der Waals surface area (Å²) in [5.41, 5.74) is 0. The summed E-state index contributed by atoms with van der Waals surface area (Å²) >= 11 is 0.285. The predicted octanol–water partition coefficient (Wildman–Crippen LogP) is 2.56. The van der Waals surface area contributed by atoms with Gasteiger partial charge in [0, 0.05) is 0 Å². The van der Waals surface area contributed by atoms with Crippen molar-refractivity contribution in [2.24, 2.45) is 23.7 Å². The first-order valence-corrected chi connectivity index (χ1v) is 13.8. The summed E-state index contributed by atoms with van der Waals surface area (Å²) in [5, 5.41) is 0. The molecule has 1 aliphatic carbocycles. The Morgan fingerprint density at radius 1 is 1.00 bits per heavy atom. The van der Waals surface area contributed by atoms with E-state index in [4.69, 9.17) is 9.47 Å². The number of nitrogens with zero attached hydrogens (tertiary/aromatic N) is 1. The molecular weight excluding hydrogens is 457 g/mol. The van der Waals surface area contributed by atoms with Crippen molar-refractivity contribution in [3.63, 3.8) is 0 Å². The number of hydrogen-bond acceptors (Lipinski definition) is 5. The maximum atomic E-state index is 12.5. The second-order valence-electron chi connectivity index (χ2n) is 10.2. The Morgan fingerprint density at radius 2 is 1.84 bits per heavy atom. The number of ether oxygens (including phenoxy) is 2. The third kappa shape index (κ3) is 3.37. The second-order valence-corrected chi connectivity index (χ2v) is 12.8. The van der Waals surface area contributed by atoms with Crippen LogP contribution in [-0.2, 0) is 19.1 Å². The van der Waals surface area contributed by atoms with E-state index < -0.39 is 0 Å². The number of esters is 2. The van der Waals surface area contributed by atoms with Crippen molar-refractivity contribution in [1.82, 2.24) is 4.90 Å². The van der Waals surface area contributed by atoms with Crippen molar-refractivity contribution in [3.05, 3.63) is 30.3 Å². The molecule has 1 aromatic carbocycles. The van der Waals surface area contributed by atoms with E-state index in [0.29, 0.717) is 41.1 Å². The van der Waals surface area contributed by atoms with Gasteiger partial charge in [0.2, 0.25) is 0 Å². The van der Waals surface area contributed by atoms with Gasteiger partial charge in [-0.15, -0.1) is 0 Å². The van der Waals surface area contributed by atoms with Crippen molar-refractivity contribution >= 4 is 31.4 Å². The summed E-state index contributed by atoms with van der Waals surface area (Å²) in [6.45, 7) is 3.09. The molecule has 0 amide bonds. The fourth-order valence-electron chi connectivity index (χ4n) is 7.25. The van der Waals surface area contributed by atoms with Gasteiger partial charge in [-0.3, -0.25) is 0 Å². The van der Waals surface area contributed by atoms with Crippen LogP contribution >= 0.6 is 0 Å². The quantitative estimate of drug-likeness (QED) is 0.484. The standard InChI is InChI=1S/C25H31NO4Se/c1-14-11-20(29-25(14)28)19-12-17-18-13-21(27)30-23(18)24(31-15-7-3-2-4-8-15)16-9-5-6-10-26(19)22(16)17/h2-4,7-8,14,16-20,22-24H,5-6,9-13H2,1H3/t14-,16-,17+,18+,19-,20-,22+,23+,24+/m0/s1. The van der Waals surface area contributed by atoms with Crippen LogP contribution in [0.5, 0.6) is 0 Å². The number of rotatable bonds is 3. The molecule has 31 heavy (non-hydrogen) atoms. The molecule has 166 valence electrons. The monoisotopic (exact) mass is 489 g/mol. The van der Waals surface area contributed by atoms with Crippen molar-refractivity contribution in [3.8, 4) is 0 Å². The van der Waals surface area contributed by atoms with Crippen LogP contribution in [0.2, 0.25) is 4.82 Å². The van der Waals surface area contributed by atoms with E-state index in [0.717, 1.165) is 19.4 Å². The van der Waals surface area contributed by atoms with E-state index in [9.17, 15) is 9.59 Å². The Hall–Kier alpha value is -1.36. The van der Waals surface area contributed by atoms with Gasteiger partial charge < -0.3 is 0 Å². The van der Waals surface area contributed by atoms with Gasteiger partial charge in [-0.1, -0.05) is 0 Å². The molecule has 9 atom stereocenters. The summed E-state index contributed by atoms with van der Waals surface area (Å²) in [6, 6.07) is 11.6. The number of carbonyl (C=O) groups is 2. The first-order chi connectivity index (χ1) is 15.1. The number of benzene rings is 1. The van der Waals surface area contributed by atoms with Gasteiger partial charge in [0.25, 0.3) is 0 Å². The molecule has 6 rings (SSSR count). The Bertz CT molecular complexity index is 862. The molecule has 1 aromatic rings. The summed E-state index contributed by atoms with van der Waals surface area (Å²) < 4.78 is 13.3. The molecule has 0 bridgehead atoms. The molecule has 5 fully saturated rings. The Kier molecular flexibility index (Phi) is 5.16. The van der Waals surface area contributed by atoms with Crippen LogP contribution in [0.25, 0.3) is 0 Å². The third-order valence-electron chi connectivity index (χ3n) is 8.49. The third-order valence-corrected chi connectivity index (χ3v) is 11.5. The Morgan fingerprint density at radius 3 is 2.61 bits per heavy atom. The summed E-state index contributed by atoms with van der Waals surface area (Å²) in [7, 11) is 0. The van der Waals surface area contributed by atoms with Gasteiger partial charge in [-0.2, -0.15) is 0 Å². The minimum absolute atomic E-state index is 0.00348. The predicted molar refractivity (Wildman–Crippen MR) is 117 cm³/mol. The van der Waals surface area contributed by atoms with Gasteiger partial charge in [-0.25, -0.2) is 0 Å². The van der Waals surface area contributed by atoms with Gasteiger partial charge in [0.15, 0.2) is 0 Å². The topological polar surface area (TPSA) is 55.8 Å². The van der Waals surface area contributed by atoms with E-state index in [1.54, 1.807) is 0 Å². The zero-order chi connectivity index (χ0) is 21.1. The van der Waals surface area contributed by atoms with Crippen LogP contribution in [-0.4, -0.2) is 62.6 Å². The van der Waals surface area contributed by atoms with Crippen LogP contribution in [0, 0.1) is 23.7 Å². The molecule has 5 nitrogen and oxygen atoms in total. The molecule has 0 radical (unpaired) electrons. The van der Waals surface area contributed by atoms with Crippen molar-refractivity contribution in [2.45, 2.75) is 74.6 Å². The summed E-state index contributed by atoms with van der Waals surface area (Å²) in [5.74, 6) is 1.35. The number of carbonyl (C=O) groups excluding carboxylic acids is 2. The number of fused-ring (bicyclic) bond motifs is 2. The van der Waals surface area contributed by atoms with Crippen molar-refractivity contribution in [2.75, 3.05) is 6.54 Å². The van der Waals surface area contributed by atoms with Gasteiger partial charge in [0.1, 0.15) is 0 Å². The molecule has 6 heteroatoms. The van der Waals surface area contributed by atoms with E-state index in [-0.39, 0.29) is 45.0 Å². The molecule has 5 aliphatic rings. The first-order valence-electron chi connectivity index (χ1n) is 12.0. The first kappa shape index (κ1) is 20.3. The van der Waals surface area contributed by atoms with Gasteiger partial charge >= 0.3 is 190 Å². The van der Waals surface area contributed by atoms with E-state index in [2.05, 4.69) is 35.2 Å². The Balaban J connectivity index is 1.35. The average molecular weight is 488 g/mol. The fraction of sp³-hybridized carbons (Fsp3) is 0.680. The van der Waals surface area contributed by atoms with Crippen LogP contribution in [0.4, 0.5) is 0 Å². The van der Waals surface area contributed by atoms with Crippen molar-refractivity contribution < 1.29 is 19.1 Å². The minimum atomic E-state index is -0.0335. The van der Waals surface area contributed by atoms with Crippen molar-refractivity contribution in [1.29, 1.82) is 0 Å². The van der Waals surface area contributed by atoms with Gasteiger partial charge in [0.05, 0.1) is 0 Å². The zero-order valence-corrected chi connectivity index (χ0v) is 19.7. The molecule has 0 N–H and O–H groups in total. The molecule has 1 saturated carbocycles. The molecule has 4 aliphatic heterocycles. The maximum absolute atomic E-state index is 12.5. The second kappa shape index (κ2) is 7.90. The van der Waals surface area contributed by atoms with E-state index in [1.165, 1.54) is 23.7 Å². The molecule has 4 saturated heterocycles. The molecular formula is C25H31NO4Se. The van der Waals surface area contributed by atoms with Gasteiger partial charge in [-0.05, 0) is 0 Å². The number of hydrogen-bond donors (Lipinski definition) is 0. The molecule has 0 unspecified atom stereocenters. The zero-order valence-electron chi connectivity index (χ0n) is 18.0. The van der Waals surface area contributed by atoms with Crippen LogP contribution in [0.15, 0.2) is 30.3 Å². The Labute approximate surface area is 190 Å². The number of cyclic esters (lactones) is 1. The fourth-order valence-corrected chi connectivity index (χ4v) is 10.4. The van der Waals surface area contributed by atoms with Crippen LogP contribution < -0.4 is 4.46 Å². The SMILES string of the molecule is C[C@H]1C[C@@H]([C@@H]2C[C@@H]3[C@H]4CC(=O)O[C@H]4[C@H]([Se]c4ccccc4)[C@H]4CCCCN2[C@@H]34)OC1=O. The summed E-state index contributed by atoms with van der Waals surface area (Å²) in [4.78, 5) is 27.8. The van der Waals surface area contributed by atoms with E-state index >= 15 is 0 Å². The molecule has 0 spiro atoms. The average Bonchev–Trinajstić information content (AvgIpc) is 3.37.